The first-order chi connectivity index (χ1) is 11.9. The van der Waals surface area contributed by atoms with Gasteiger partial charge in [-0.15, -0.1) is 0 Å². The van der Waals surface area contributed by atoms with Crippen LogP contribution in [0.15, 0.2) is 54.6 Å². The minimum atomic E-state index is -0.593. The summed E-state index contributed by atoms with van der Waals surface area (Å²) in [5, 5.41) is 4.00. The highest BCUT2D eigenvalue weighted by molar-refractivity contribution is 6.30. The number of halogens is 2. The molecule has 2 aromatic carbocycles. The van der Waals surface area contributed by atoms with Gasteiger partial charge in [-0.1, -0.05) is 47.5 Å². The monoisotopic (exact) mass is 377 g/mol. The zero-order valence-corrected chi connectivity index (χ0v) is 15.1. The Balaban J connectivity index is 1.77. The van der Waals surface area contributed by atoms with Gasteiger partial charge in [-0.3, -0.25) is 4.79 Å². The van der Waals surface area contributed by atoms with Crippen LogP contribution < -0.4 is 5.32 Å². The summed E-state index contributed by atoms with van der Waals surface area (Å²) in [7, 11) is 0. The van der Waals surface area contributed by atoms with E-state index in [0.717, 1.165) is 11.1 Å². The molecule has 0 spiro atoms. The van der Waals surface area contributed by atoms with Crippen LogP contribution in [0.3, 0.4) is 0 Å². The highest BCUT2D eigenvalue weighted by Crippen LogP contribution is 2.16. The first-order valence-corrected chi connectivity index (χ1v) is 8.35. The fraction of sp³-hybridized carbons (Fsp3) is 0.158. The van der Waals surface area contributed by atoms with E-state index in [2.05, 4.69) is 5.32 Å². The smallest absolute Gasteiger partial charge is 0.331 e. The largest absolute Gasteiger partial charge is 0.452 e. The number of rotatable bonds is 6. The summed E-state index contributed by atoms with van der Waals surface area (Å²) < 4.78 is 4.92. The summed E-state index contributed by atoms with van der Waals surface area (Å²) in [6, 6.07) is 13.9. The maximum Gasteiger partial charge on any atom is 0.331 e. The molecule has 0 aliphatic carbocycles. The topological polar surface area (TPSA) is 55.4 Å². The predicted molar refractivity (Wildman–Crippen MR) is 99.5 cm³/mol. The molecular weight excluding hydrogens is 361 g/mol. The van der Waals surface area contributed by atoms with Crippen LogP contribution in [0.25, 0.3) is 6.08 Å². The third-order valence-electron chi connectivity index (χ3n) is 3.37. The van der Waals surface area contributed by atoms with Gasteiger partial charge in [0.1, 0.15) is 0 Å². The van der Waals surface area contributed by atoms with Crippen molar-refractivity contribution in [2.75, 3.05) is 6.61 Å². The van der Waals surface area contributed by atoms with Crippen molar-refractivity contribution >= 4 is 41.2 Å². The van der Waals surface area contributed by atoms with Gasteiger partial charge in [-0.05, 0) is 48.4 Å². The molecule has 0 saturated heterocycles. The zero-order chi connectivity index (χ0) is 18.2. The maximum atomic E-state index is 11.9. The van der Waals surface area contributed by atoms with Gasteiger partial charge in [0, 0.05) is 16.1 Å². The Morgan fingerprint density at radius 1 is 1.04 bits per heavy atom. The molecule has 0 heterocycles. The molecule has 130 valence electrons. The van der Waals surface area contributed by atoms with E-state index in [0.29, 0.717) is 10.0 Å². The Kier molecular flexibility index (Phi) is 7.04. The summed E-state index contributed by atoms with van der Waals surface area (Å²) >= 11 is 11.6. The lowest BCUT2D eigenvalue weighted by molar-refractivity contribution is -0.144. The van der Waals surface area contributed by atoms with Crippen molar-refractivity contribution < 1.29 is 14.3 Å². The number of carbonyl (C=O) groups is 2. The van der Waals surface area contributed by atoms with Crippen molar-refractivity contribution in [2.24, 2.45) is 0 Å². The molecule has 0 aliphatic rings. The number of carbonyl (C=O) groups excluding carboxylic acids is 2. The summed E-state index contributed by atoms with van der Waals surface area (Å²) in [6.45, 7) is 1.49. The molecule has 0 aromatic heterocycles. The van der Waals surface area contributed by atoms with Gasteiger partial charge >= 0.3 is 5.97 Å². The van der Waals surface area contributed by atoms with Crippen LogP contribution in [0, 0.1) is 0 Å². The second kappa shape index (κ2) is 9.25. The van der Waals surface area contributed by atoms with Crippen molar-refractivity contribution in [2.45, 2.75) is 13.0 Å². The summed E-state index contributed by atoms with van der Waals surface area (Å²) in [5.74, 6) is -0.972. The number of esters is 1. The molecule has 0 unspecified atom stereocenters. The Labute approximate surface area is 156 Å². The molecule has 1 N–H and O–H groups in total. The maximum absolute atomic E-state index is 11.9. The Morgan fingerprint density at radius 2 is 1.60 bits per heavy atom. The SMILES string of the molecule is C[C@H](NC(=O)COC(=O)/C=C/c1ccc(Cl)cc1)c1ccc(Cl)cc1. The van der Waals surface area contributed by atoms with E-state index in [1.165, 1.54) is 6.08 Å². The molecule has 2 aromatic rings. The van der Waals surface area contributed by atoms with Gasteiger partial charge in [0.05, 0.1) is 6.04 Å². The van der Waals surface area contributed by atoms with E-state index in [1.807, 2.05) is 19.1 Å². The van der Waals surface area contributed by atoms with Crippen molar-refractivity contribution in [1.82, 2.24) is 5.32 Å². The first-order valence-electron chi connectivity index (χ1n) is 7.59. The van der Waals surface area contributed by atoms with Crippen molar-refractivity contribution in [3.63, 3.8) is 0 Å². The van der Waals surface area contributed by atoms with Crippen LogP contribution in [0.2, 0.25) is 10.0 Å². The van der Waals surface area contributed by atoms with Gasteiger partial charge in [-0.25, -0.2) is 4.79 Å². The number of hydrogen-bond donors (Lipinski definition) is 1. The number of ether oxygens (including phenoxy) is 1. The molecule has 25 heavy (non-hydrogen) atoms. The van der Waals surface area contributed by atoms with Crippen LogP contribution in [-0.4, -0.2) is 18.5 Å². The van der Waals surface area contributed by atoms with Crippen LogP contribution >= 0.6 is 23.2 Å². The molecular formula is C19H17Cl2NO3. The average molecular weight is 378 g/mol. The van der Waals surface area contributed by atoms with Gasteiger partial charge in [0.25, 0.3) is 5.91 Å². The van der Waals surface area contributed by atoms with Crippen LogP contribution in [0.4, 0.5) is 0 Å². The van der Waals surface area contributed by atoms with E-state index in [9.17, 15) is 9.59 Å². The molecule has 0 radical (unpaired) electrons. The van der Waals surface area contributed by atoms with Gasteiger partial charge in [0.15, 0.2) is 6.61 Å². The lowest BCUT2D eigenvalue weighted by Gasteiger charge is -2.14. The van der Waals surface area contributed by atoms with Gasteiger partial charge in [0.2, 0.25) is 0 Å². The lowest BCUT2D eigenvalue weighted by atomic mass is 10.1. The van der Waals surface area contributed by atoms with Crippen LogP contribution in [0.5, 0.6) is 0 Å². The molecule has 6 heteroatoms. The van der Waals surface area contributed by atoms with E-state index in [1.54, 1.807) is 42.5 Å². The summed E-state index contributed by atoms with van der Waals surface area (Å²) in [5.41, 5.74) is 1.72. The van der Waals surface area contributed by atoms with Crippen molar-refractivity contribution in [3.8, 4) is 0 Å². The van der Waals surface area contributed by atoms with Crippen molar-refractivity contribution in [1.29, 1.82) is 0 Å². The Hall–Kier alpha value is -2.30. The average Bonchev–Trinajstić information content (AvgIpc) is 2.60. The van der Waals surface area contributed by atoms with Crippen LogP contribution in [-0.2, 0) is 14.3 Å². The molecule has 1 amide bonds. The normalized spacial score (nSPS) is 12.0. The highest BCUT2D eigenvalue weighted by Gasteiger charge is 2.11. The summed E-state index contributed by atoms with van der Waals surface area (Å²) in [4.78, 5) is 23.5. The van der Waals surface area contributed by atoms with Gasteiger partial charge in [-0.2, -0.15) is 0 Å². The second-order valence-corrected chi connectivity index (χ2v) is 6.21. The Morgan fingerprint density at radius 3 is 2.20 bits per heavy atom. The third-order valence-corrected chi connectivity index (χ3v) is 3.88. The van der Waals surface area contributed by atoms with E-state index < -0.39 is 5.97 Å². The van der Waals surface area contributed by atoms with E-state index in [-0.39, 0.29) is 18.6 Å². The molecule has 0 bridgehead atoms. The number of amides is 1. The molecule has 0 fully saturated rings. The highest BCUT2D eigenvalue weighted by atomic mass is 35.5. The molecule has 0 saturated carbocycles. The van der Waals surface area contributed by atoms with Gasteiger partial charge < -0.3 is 10.1 Å². The molecule has 0 aliphatic heterocycles. The van der Waals surface area contributed by atoms with E-state index >= 15 is 0 Å². The predicted octanol–water partition coefficient (Wildman–Crippen LogP) is 4.43. The molecule has 4 nitrogen and oxygen atoms in total. The number of hydrogen-bond acceptors (Lipinski definition) is 3. The third kappa shape index (κ3) is 6.61. The fourth-order valence-electron chi connectivity index (χ4n) is 2.04. The quantitative estimate of drug-likeness (QED) is 0.598. The minimum Gasteiger partial charge on any atom is -0.452 e. The Bertz CT molecular complexity index is 755. The summed E-state index contributed by atoms with van der Waals surface area (Å²) in [6.07, 6.45) is 2.85. The number of nitrogens with one attached hydrogen (secondary N) is 1. The van der Waals surface area contributed by atoms with Crippen molar-refractivity contribution in [3.05, 3.63) is 75.8 Å². The molecule has 1 atom stereocenters. The second-order valence-electron chi connectivity index (χ2n) is 5.33. The van der Waals surface area contributed by atoms with Crippen LogP contribution in [0.1, 0.15) is 24.1 Å². The minimum absolute atomic E-state index is 0.215. The lowest BCUT2D eigenvalue weighted by Crippen LogP contribution is -2.30. The zero-order valence-electron chi connectivity index (χ0n) is 13.5. The van der Waals surface area contributed by atoms with E-state index in [4.69, 9.17) is 27.9 Å². The fourth-order valence-corrected chi connectivity index (χ4v) is 2.29. The standard InChI is InChI=1S/C19H17Cl2NO3/c1-13(15-5-9-17(21)10-6-15)22-18(23)12-25-19(24)11-4-14-2-7-16(20)8-3-14/h2-11,13H,12H2,1H3,(H,22,23)/b11-4+/t13-/m0/s1. The molecule has 2 rings (SSSR count). The first kappa shape index (κ1) is 19.0. The number of benzene rings is 2.